The van der Waals surface area contributed by atoms with Crippen molar-refractivity contribution in [3.05, 3.63) is 12.0 Å². The summed E-state index contributed by atoms with van der Waals surface area (Å²) in [5, 5.41) is 0.110. The summed E-state index contributed by atoms with van der Waals surface area (Å²) in [6.45, 7) is 4.96. The number of sulfonamides is 1. The summed E-state index contributed by atoms with van der Waals surface area (Å²) in [4.78, 5) is 4.14. The number of imidazole rings is 1. The molecule has 1 unspecified atom stereocenters. The van der Waals surface area contributed by atoms with E-state index in [0.717, 1.165) is 12.8 Å². The van der Waals surface area contributed by atoms with Gasteiger partial charge in [-0.15, -0.1) is 0 Å². The average Bonchev–Trinajstić information content (AvgIpc) is 2.71. The molecule has 2 N–H and O–H groups in total. The Morgan fingerprint density at radius 1 is 1.50 bits per heavy atom. The number of nitrogens with two attached hydrogens (primary N) is 1. The molecule has 1 fully saturated rings. The third kappa shape index (κ3) is 2.30. The molecule has 0 saturated carbocycles. The van der Waals surface area contributed by atoms with Crippen molar-refractivity contribution in [3.8, 4) is 0 Å². The maximum Gasteiger partial charge on any atom is 0.263 e. The van der Waals surface area contributed by atoms with Crippen LogP contribution >= 0.6 is 0 Å². The molecule has 2 rings (SSSR count). The van der Waals surface area contributed by atoms with E-state index in [1.54, 1.807) is 13.1 Å². The van der Waals surface area contributed by atoms with E-state index in [2.05, 4.69) is 4.98 Å². The summed E-state index contributed by atoms with van der Waals surface area (Å²) in [6.07, 6.45) is 3.73. The fourth-order valence-corrected chi connectivity index (χ4v) is 3.85. The van der Waals surface area contributed by atoms with E-state index in [1.807, 2.05) is 11.5 Å². The summed E-state index contributed by atoms with van der Waals surface area (Å²) in [6, 6.07) is 0. The molecule has 102 valence electrons. The van der Waals surface area contributed by atoms with Crippen LogP contribution in [0.2, 0.25) is 0 Å². The van der Waals surface area contributed by atoms with Crippen molar-refractivity contribution in [2.45, 2.75) is 50.8 Å². The van der Waals surface area contributed by atoms with Gasteiger partial charge in [-0.25, -0.2) is 13.4 Å². The molecule has 1 atom stereocenters. The first-order chi connectivity index (χ1) is 8.46. The van der Waals surface area contributed by atoms with Crippen LogP contribution in [-0.4, -0.2) is 35.0 Å². The maximum absolute atomic E-state index is 12.4. The molecule has 0 spiro atoms. The topological polar surface area (TPSA) is 81.2 Å². The van der Waals surface area contributed by atoms with Gasteiger partial charge in [0.1, 0.15) is 5.82 Å². The van der Waals surface area contributed by atoms with Crippen LogP contribution in [0.25, 0.3) is 0 Å². The highest BCUT2D eigenvalue weighted by Gasteiger charge is 2.33. The van der Waals surface area contributed by atoms with E-state index in [0.29, 0.717) is 25.3 Å². The molecule has 0 aliphatic carbocycles. The molecule has 0 aromatic carbocycles. The zero-order valence-electron chi connectivity index (χ0n) is 10.8. The molecule has 0 amide bonds. The second kappa shape index (κ2) is 4.99. The van der Waals surface area contributed by atoms with Crippen LogP contribution < -0.4 is 5.73 Å². The van der Waals surface area contributed by atoms with Crippen molar-refractivity contribution in [2.75, 3.05) is 6.54 Å². The number of aryl methyl sites for hydroxylation is 2. The van der Waals surface area contributed by atoms with Crippen LogP contribution in [0.3, 0.4) is 0 Å². The maximum atomic E-state index is 12.4. The van der Waals surface area contributed by atoms with E-state index < -0.39 is 16.2 Å². The average molecular weight is 272 g/mol. The third-order valence-electron chi connectivity index (χ3n) is 3.37. The van der Waals surface area contributed by atoms with Crippen molar-refractivity contribution >= 4 is 10.0 Å². The Balaban J connectivity index is 2.34. The quantitative estimate of drug-likeness (QED) is 0.877. The zero-order valence-corrected chi connectivity index (χ0v) is 11.7. The molecule has 1 saturated heterocycles. The lowest BCUT2D eigenvalue weighted by Gasteiger charge is -2.31. The van der Waals surface area contributed by atoms with Crippen LogP contribution in [0.15, 0.2) is 11.2 Å². The fraction of sp³-hybridized carbons (Fsp3) is 0.727. The highest BCUT2D eigenvalue weighted by atomic mass is 32.2. The SMILES string of the molecule is CCn1cc(S(=O)(=O)N2CCCCC2N)nc1C. The minimum atomic E-state index is -3.55. The van der Waals surface area contributed by atoms with Crippen LogP contribution in [0.5, 0.6) is 0 Å². The van der Waals surface area contributed by atoms with Gasteiger partial charge in [-0.3, -0.25) is 0 Å². The van der Waals surface area contributed by atoms with Gasteiger partial charge >= 0.3 is 0 Å². The van der Waals surface area contributed by atoms with Crippen molar-refractivity contribution in [2.24, 2.45) is 5.73 Å². The molecule has 0 radical (unpaired) electrons. The molecule has 0 bridgehead atoms. The van der Waals surface area contributed by atoms with Crippen LogP contribution in [0, 0.1) is 6.92 Å². The molecule has 1 aromatic heterocycles. The van der Waals surface area contributed by atoms with E-state index in [4.69, 9.17) is 5.73 Å². The summed E-state index contributed by atoms with van der Waals surface area (Å²) < 4.78 is 28.1. The van der Waals surface area contributed by atoms with E-state index in [9.17, 15) is 8.42 Å². The summed E-state index contributed by atoms with van der Waals surface area (Å²) in [7, 11) is -3.55. The van der Waals surface area contributed by atoms with Crippen molar-refractivity contribution in [1.29, 1.82) is 0 Å². The lowest BCUT2D eigenvalue weighted by atomic mass is 10.1. The lowest BCUT2D eigenvalue weighted by Crippen LogP contribution is -2.48. The van der Waals surface area contributed by atoms with Crippen LogP contribution in [-0.2, 0) is 16.6 Å². The molecule has 1 aliphatic heterocycles. The number of hydrogen-bond donors (Lipinski definition) is 1. The first-order valence-electron chi connectivity index (χ1n) is 6.28. The Morgan fingerprint density at radius 2 is 2.22 bits per heavy atom. The Hall–Kier alpha value is -0.920. The summed E-state index contributed by atoms with van der Waals surface area (Å²) in [5.74, 6) is 0.710. The van der Waals surface area contributed by atoms with Crippen LogP contribution in [0.1, 0.15) is 32.0 Å². The van der Waals surface area contributed by atoms with Gasteiger partial charge in [-0.2, -0.15) is 4.31 Å². The molecule has 1 aliphatic rings. The number of piperidine rings is 1. The van der Waals surface area contributed by atoms with E-state index >= 15 is 0 Å². The lowest BCUT2D eigenvalue weighted by molar-refractivity contribution is 0.257. The van der Waals surface area contributed by atoms with Gasteiger partial charge in [0.2, 0.25) is 0 Å². The molecular formula is C11H20N4O2S. The molecule has 18 heavy (non-hydrogen) atoms. The first-order valence-corrected chi connectivity index (χ1v) is 7.72. The largest absolute Gasteiger partial charge is 0.334 e. The predicted octanol–water partition coefficient (Wildman–Crippen LogP) is 0.671. The van der Waals surface area contributed by atoms with E-state index in [1.165, 1.54) is 4.31 Å². The molecule has 1 aromatic rings. The number of rotatable bonds is 3. The summed E-state index contributed by atoms with van der Waals surface area (Å²) >= 11 is 0. The highest BCUT2D eigenvalue weighted by Crippen LogP contribution is 2.22. The number of hydrogen-bond acceptors (Lipinski definition) is 4. The first kappa shape index (κ1) is 13.5. The second-order valence-electron chi connectivity index (χ2n) is 4.59. The molecule has 7 heteroatoms. The minimum absolute atomic E-state index is 0.110. The van der Waals surface area contributed by atoms with Gasteiger partial charge in [0, 0.05) is 19.3 Å². The zero-order chi connectivity index (χ0) is 13.3. The monoisotopic (exact) mass is 272 g/mol. The molecule has 2 heterocycles. The predicted molar refractivity (Wildman–Crippen MR) is 68.4 cm³/mol. The standard InChI is InChI=1S/C11H20N4O2S/c1-3-14-8-11(13-9(14)2)18(16,17)15-7-5-4-6-10(15)12/h8,10H,3-7,12H2,1-2H3. The number of nitrogens with zero attached hydrogens (tertiary/aromatic N) is 3. The Labute approximate surface area is 108 Å². The fourth-order valence-electron chi connectivity index (χ4n) is 2.27. The van der Waals surface area contributed by atoms with Gasteiger partial charge in [0.15, 0.2) is 5.03 Å². The van der Waals surface area contributed by atoms with Gasteiger partial charge in [-0.1, -0.05) is 0 Å². The van der Waals surface area contributed by atoms with Gasteiger partial charge in [-0.05, 0) is 33.1 Å². The van der Waals surface area contributed by atoms with Crippen LogP contribution in [0.4, 0.5) is 0 Å². The third-order valence-corrected chi connectivity index (χ3v) is 5.16. The van der Waals surface area contributed by atoms with Crippen molar-refractivity contribution in [1.82, 2.24) is 13.9 Å². The van der Waals surface area contributed by atoms with Gasteiger partial charge in [0.25, 0.3) is 10.0 Å². The highest BCUT2D eigenvalue weighted by molar-refractivity contribution is 7.89. The van der Waals surface area contributed by atoms with Gasteiger partial charge < -0.3 is 10.3 Å². The molecular weight excluding hydrogens is 252 g/mol. The Bertz CT molecular complexity index is 523. The summed E-state index contributed by atoms with van der Waals surface area (Å²) in [5.41, 5.74) is 5.89. The van der Waals surface area contributed by atoms with Crippen molar-refractivity contribution < 1.29 is 8.42 Å². The van der Waals surface area contributed by atoms with E-state index in [-0.39, 0.29) is 5.03 Å². The Kier molecular flexibility index (Phi) is 3.74. The Morgan fingerprint density at radius 3 is 2.78 bits per heavy atom. The van der Waals surface area contributed by atoms with Crippen molar-refractivity contribution in [3.63, 3.8) is 0 Å². The number of aromatic nitrogens is 2. The second-order valence-corrected chi connectivity index (χ2v) is 6.43. The normalized spacial score (nSPS) is 22.3. The van der Waals surface area contributed by atoms with Gasteiger partial charge in [0.05, 0.1) is 6.17 Å². The minimum Gasteiger partial charge on any atom is -0.334 e. The molecule has 6 nitrogen and oxygen atoms in total. The smallest absolute Gasteiger partial charge is 0.263 e.